The Balaban J connectivity index is 1.27. The van der Waals surface area contributed by atoms with E-state index in [4.69, 9.17) is 4.74 Å². The molecular weight excluding hydrogens is 456 g/mol. The summed E-state index contributed by atoms with van der Waals surface area (Å²) in [7, 11) is 1.83. The Labute approximate surface area is 208 Å². The van der Waals surface area contributed by atoms with E-state index in [9.17, 15) is 9.59 Å². The van der Waals surface area contributed by atoms with Crippen molar-refractivity contribution in [1.82, 2.24) is 29.5 Å². The summed E-state index contributed by atoms with van der Waals surface area (Å²) in [6.07, 6.45) is 11.8. The maximum Gasteiger partial charge on any atom is 0.203 e. The molecule has 1 aliphatic heterocycles. The molecule has 1 aliphatic rings. The number of ketones is 1. The number of carbonyl (C=O) groups excluding carboxylic acids is 1. The number of benzene rings is 1. The molecule has 0 N–H and O–H groups in total. The van der Waals surface area contributed by atoms with Gasteiger partial charge in [-0.2, -0.15) is 10.2 Å². The van der Waals surface area contributed by atoms with Gasteiger partial charge in [0.2, 0.25) is 5.43 Å². The molecule has 36 heavy (non-hydrogen) atoms. The second kappa shape index (κ2) is 10.7. The van der Waals surface area contributed by atoms with E-state index in [1.54, 1.807) is 34.2 Å². The highest BCUT2D eigenvalue weighted by molar-refractivity contribution is 5.81. The second-order valence-corrected chi connectivity index (χ2v) is 9.21. The average Bonchev–Trinajstić information content (AvgIpc) is 3.33. The number of hydrogen-bond donors (Lipinski definition) is 0. The van der Waals surface area contributed by atoms with E-state index in [1.165, 1.54) is 6.07 Å². The van der Waals surface area contributed by atoms with Gasteiger partial charge in [-0.05, 0) is 36.0 Å². The van der Waals surface area contributed by atoms with Gasteiger partial charge in [-0.1, -0.05) is 18.2 Å². The molecule has 0 saturated carbocycles. The summed E-state index contributed by atoms with van der Waals surface area (Å²) in [5.41, 5.74) is 3.70. The molecule has 9 nitrogen and oxygen atoms in total. The monoisotopic (exact) mass is 484 g/mol. The summed E-state index contributed by atoms with van der Waals surface area (Å²) in [6.45, 7) is 1.49. The van der Waals surface area contributed by atoms with Crippen LogP contribution in [0.5, 0.6) is 0 Å². The Hall–Kier alpha value is -3.98. The van der Waals surface area contributed by atoms with Crippen LogP contribution >= 0.6 is 0 Å². The Bertz CT molecular complexity index is 1400. The third kappa shape index (κ3) is 5.80. The van der Waals surface area contributed by atoms with Crippen molar-refractivity contribution in [3.05, 3.63) is 88.4 Å². The van der Waals surface area contributed by atoms with Crippen LogP contribution in [0.15, 0.2) is 66.1 Å². The van der Waals surface area contributed by atoms with Gasteiger partial charge < -0.3 is 4.74 Å². The van der Waals surface area contributed by atoms with Crippen molar-refractivity contribution in [2.24, 2.45) is 13.0 Å². The minimum absolute atomic E-state index is 0.119. The molecule has 0 aliphatic carbocycles. The fourth-order valence-corrected chi connectivity index (χ4v) is 4.42. The first-order valence-corrected chi connectivity index (χ1v) is 12.1. The van der Waals surface area contributed by atoms with Gasteiger partial charge in [-0.25, -0.2) is 14.6 Å². The number of carbonyl (C=O) groups is 1. The standard InChI is InChI=1S/C27H28N6O3/c1-32-18-23(17-30-32)33-8-5-26(35)25(31-33)14-20-3-2-4-22(11-20)27-28-15-21(16-29-27)13-24(34)12-19-6-9-36-10-7-19/h2-5,8,11,15-19H,6-7,9-10,12-14H2,1H3. The Morgan fingerprint density at radius 3 is 2.64 bits per heavy atom. The molecule has 9 heteroatoms. The van der Waals surface area contributed by atoms with Crippen molar-refractivity contribution in [1.29, 1.82) is 0 Å². The van der Waals surface area contributed by atoms with Gasteiger partial charge in [0.25, 0.3) is 0 Å². The third-order valence-electron chi connectivity index (χ3n) is 6.36. The number of Topliss-reactive ketones (excluding diaryl/α,β-unsaturated/α-hetero) is 1. The summed E-state index contributed by atoms with van der Waals surface area (Å²) >= 11 is 0. The molecule has 1 fully saturated rings. The topological polar surface area (TPSA) is 105 Å². The maximum absolute atomic E-state index is 12.5. The van der Waals surface area contributed by atoms with E-state index < -0.39 is 0 Å². The predicted molar refractivity (Wildman–Crippen MR) is 134 cm³/mol. The summed E-state index contributed by atoms with van der Waals surface area (Å²) < 4.78 is 8.71. The molecular formula is C27H28N6O3. The lowest BCUT2D eigenvalue weighted by atomic mass is 9.93. The molecule has 3 aromatic heterocycles. The zero-order valence-corrected chi connectivity index (χ0v) is 20.2. The zero-order chi connectivity index (χ0) is 24.9. The molecule has 1 saturated heterocycles. The first-order chi connectivity index (χ1) is 17.5. The van der Waals surface area contributed by atoms with Crippen LogP contribution in [-0.4, -0.2) is 48.5 Å². The molecule has 184 valence electrons. The predicted octanol–water partition coefficient (Wildman–Crippen LogP) is 2.94. The van der Waals surface area contributed by atoms with Crippen LogP contribution in [0, 0.1) is 5.92 Å². The van der Waals surface area contributed by atoms with Crippen LogP contribution in [0.2, 0.25) is 0 Å². The van der Waals surface area contributed by atoms with Crippen LogP contribution in [0.25, 0.3) is 17.1 Å². The van der Waals surface area contributed by atoms with E-state index >= 15 is 0 Å². The highest BCUT2D eigenvalue weighted by Gasteiger charge is 2.18. The summed E-state index contributed by atoms with van der Waals surface area (Å²) in [4.78, 5) is 33.9. The molecule has 1 aromatic carbocycles. The van der Waals surface area contributed by atoms with Crippen LogP contribution < -0.4 is 5.43 Å². The van der Waals surface area contributed by atoms with E-state index in [0.29, 0.717) is 36.7 Å². The summed E-state index contributed by atoms with van der Waals surface area (Å²) in [6, 6.07) is 9.29. The van der Waals surface area contributed by atoms with Crippen LogP contribution in [0.4, 0.5) is 0 Å². The van der Waals surface area contributed by atoms with Crippen LogP contribution in [-0.2, 0) is 29.4 Å². The molecule has 0 unspecified atom stereocenters. The highest BCUT2D eigenvalue weighted by atomic mass is 16.5. The van der Waals surface area contributed by atoms with Gasteiger partial charge >= 0.3 is 0 Å². The smallest absolute Gasteiger partial charge is 0.203 e. The number of ether oxygens (including phenoxy) is 1. The molecule has 0 bridgehead atoms. The zero-order valence-electron chi connectivity index (χ0n) is 20.2. The molecule has 0 atom stereocenters. The minimum Gasteiger partial charge on any atom is -0.381 e. The third-order valence-corrected chi connectivity index (χ3v) is 6.36. The number of hydrogen-bond acceptors (Lipinski definition) is 7. The van der Waals surface area contributed by atoms with Crippen molar-refractivity contribution in [3.63, 3.8) is 0 Å². The number of aromatic nitrogens is 6. The average molecular weight is 485 g/mol. The molecule has 0 spiro atoms. The van der Waals surface area contributed by atoms with Crippen molar-refractivity contribution in [2.75, 3.05) is 13.2 Å². The van der Waals surface area contributed by atoms with Gasteiger partial charge in [-0.15, -0.1) is 0 Å². The Kier molecular flexibility index (Phi) is 7.08. The Morgan fingerprint density at radius 1 is 1.08 bits per heavy atom. The largest absolute Gasteiger partial charge is 0.381 e. The van der Waals surface area contributed by atoms with Gasteiger partial charge in [-0.3, -0.25) is 14.3 Å². The maximum atomic E-state index is 12.5. The van der Waals surface area contributed by atoms with Crippen molar-refractivity contribution >= 4 is 5.78 Å². The second-order valence-electron chi connectivity index (χ2n) is 9.21. The van der Waals surface area contributed by atoms with Crippen LogP contribution in [0.1, 0.15) is 36.1 Å². The van der Waals surface area contributed by atoms with Gasteiger partial charge in [0, 0.05) is 69.7 Å². The van der Waals surface area contributed by atoms with Gasteiger partial charge in [0.1, 0.15) is 17.2 Å². The molecule has 0 amide bonds. The number of rotatable bonds is 8. The molecule has 4 aromatic rings. The highest BCUT2D eigenvalue weighted by Crippen LogP contribution is 2.21. The lowest BCUT2D eigenvalue weighted by Gasteiger charge is -2.21. The van der Waals surface area contributed by atoms with Crippen molar-refractivity contribution in [2.45, 2.75) is 32.1 Å². The fourth-order valence-electron chi connectivity index (χ4n) is 4.42. The molecule has 5 rings (SSSR count). The van der Waals surface area contributed by atoms with E-state index in [0.717, 1.165) is 48.4 Å². The quantitative estimate of drug-likeness (QED) is 0.379. The minimum atomic E-state index is -0.119. The molecule has 0 radical (unpaired) electrons. The number of aryl methyl sites for hydroxylation is 1. The van der Waals surface area contributed by atoms with Crippen molar-refractivity contribution < 1.29 is 9.53 Å². The molecule has 4 heterocycles. The lowest BCUT2D eigenvalue weighted by molar-refractivity contribution is -0.120. The van der Waals surface area contributed by atoms with E-state index in [1.807, 2.05) is 37.5 Å². The fraction of sp³-hybridized carbons (Fsp3) is 0.333. The van der Waals surface area contributed by atoms with Gasteiger partial charge in [0.05, 0.1) is 12.4 Å². The first-order valence-electron chi connectivity index (χ1n) is 12.1. The Morgan fingerprint density at radius 2 is 1.89 bits per heavy atom. The lowest BCUT2D eigenvalue weighted by Crippen LogP contribution is -2.19. The number of nitrogens with zero attached hydrogens (tertiary/aromatic N) is 6. The van der Waals surface area contributed by atoms with Crippen LogP contribution in [0.3, 0.4) is 0 Å². The summed E-state index contributed by atoms with van der Waals surface area (Å²) in [5.74, 6) is 1.21. The SMILES string of the molecule is Cn1cc(-n2ccc(=O)c(Cc3cccc(-c4ncc(CC(=O)CC5CCOCC5)cn4)c3)n2)cn1. The summed E-state index contributed by atoms with van der Waals surface area (Å²) in [5, 5.41) is 8.68. The first kappa shape index (κ1) is 23.7. The normalized spacial score (nSPS) is 14.1. The van der Waals surface area contributed by atoms with Crippen molar-refractivity contribution in [3.8, 4) is 17.1 Å². The van der Waals surface area contributed by atoms with E-state index in [-0.39, 0.29) is 11.2 Å². The van der Waals surface area contributed by atoms with E-state index in [2.05, 4.69) is 20.2 Å². The van der Waals surface area contributed by atoms with Gasteiger partial charge in [0.15, 0.2) is 5.82 Å².